The smallest absolute Gasteiger partial charge is 0.235 e. The van der Waals surface area contributed by atoms with E-state index in [2.05, 4.69) is 0 Å². The summed E-state index contributed by atoms with van der Waals surface area (Å²) in [4.78, 5) is 0. The first-order chi connectivity index (χ1) is 12.5. The molecular weight excluding hydrogens is 354 g/mol. The van der Waals surface area contributed by atoms with Crippen LogP contribution < -0.4 is 18.5 Å². The Hall–Kier alpha value is -2.41. The number of benzene rings is 2. The molecule has 0 radical (unpaired) electrons. The monoisotopic (exact) mass is 375 g/mol. The minimum atomic E-state index is -3.38. The van der Waals surface area contributed by atoms with E-state index in [1.807, 2.05) is 31.2 Å². The van der Waals surface area contributed by atoms with Crippen LogP contribution in [0.15, 0.2) is 42.5 Å². The summed E-state index contributed by atoms with van der Waals surface area (Å²) in [6, 6.07) is 13.0. The highest BCUT2D eigenvalue weighted by atomic mass is 32.2. The highest BCUT2D eigenvalue weighted by Crippen LogP contribution is 2.36. The lowest BCUT2D eigenvalue weighted by Crippen LogP contribution is -2.37. The van der Waals surface area contributed by atoms with Gasteiger partial charge in [-0.2, -0.15) is 0 Å². The van der Waals surface area contributed by atoms with Gasteiger partial charge in [-0.3, -0.25) is 4.31 Å². The molecule has 0 aliphatic carbocycles. The molecule has 0 bridgehead atoms. The lowest BCUT2D eigenvalue weighted by molar-refractivity contribution is 0.173. The van der Waals surface area contributed by atoms with E-state index in [1.165, 1.54) is 0 Å². The highest BCUT2D eigenvalue weighted by Gasteiger charge is 2.34. The number of para-hydroxylation sites is 1. The zero-order valence-corrected chi connectivity index (χ0v) is 15.4. The Labute approximate surface area is 153 Å². The molecular formula is C19H21NO5S. The van der Waals surface area contributed by atoms with Gasteiger partial charge in [-0.1, -0.05) is 18.2 Å². The summed E-state index contributed by atoms with van der Waals surface area (Å²) in [5.74, 6) is 2.04. The molecule has 7 heteroatoms. The minimum absolute atomic E-state index is 0.0489. The van der Waals surface area contributed by atoms with E-state index >= 15 is 0 Å². The zero-order chi connectivity index (χ0) is 18.1. The molecule has 4 rings (SSSR count). The summed E-state index contributed by atoms with van der Waals surface area (Å²) in [6.45, 7) is 2.48. The number of nitrogens with zero attached hydrogens (tertiary/aromatic N) is 1. The number of rotatable bonds is 6. The Bertz CT molecular complexity index is 912. The Balaban J connectivity index is 1.36. The second kappa shape index (κ2) is 6.72. The van der Waals surface area contributed by atoms with Crippen molar-refractivity contribution in [3.8, 4) is 17.2 Å². The third kappa shape index (κ3) is 3.19. The Kier molecular flexibility index (Phi) is 4.40. The fourth-order valence-electron chi connectivity index (χ4n) is 3.46. The highest BCUT2D eigenvalue weighted by molar-refractivity contribution is 7.92. The van der Waals surface area contributed by atoms with Crippen molar-refractivity contribution in [3.63, 3.8) is 0 Å². The third-order valence-electron chi connectivity index (χ3n) is 4.60. The second-order valence-electron chi connectivity index (χ2n) is 6.51. The van der Waals surface area contributed by atoms with Crippen LogP contribution in [0.4, 0.5) is 5.69 Å². The van der Waals surface area contributed by atoms with E-state index in [1.54, 1.807) is 22.5 Å². The largest absolute Gasteiger partial charge is 0.493 e. The van der Waals surface area contributed by atoms with Crippen molar-refractivity contribution >= 4 is 15.7 Å². The molecule has 2 aromatic rings. The van der Waals surface area contributed by atoms with Gasteiger partial charge in [0.05, 0.1) is 18.0 Å². The SMILES string of the molecule is CC1Cc2ccccc2N1S(=O)(=O)CCCOc1ccc2c(c1)OCO2. The van der Waals surface area contributed by atoms with Gasteiger partial charge in [0.2, 0.25) is 16.8 Å². The van der Waals surface area contributed by atoms with Crippen molar-refractivity contribution in [2.75, 3.05) is 23.5 Å². The molecule has 6 nitrogen and oxygen atoms in total. The van der Waals surface area contributed by atoms with Crippen LogP contribution in [0.25, 0.3) is 0 Å². The molecule has 1 unspecified atom stereocenters. The quantitative estimate of drug-likeness (QED) is 0.727. The van der Waals surface area contributed by atoms with E-state index in [0.717, 1.165) is 17.7 Å². The van der Waals surface area contributed by atoms with Crippen LogP contribution >= 0.6 is 0 Å². The van der Waals surface area contributed by atoms with Gasteiger partial charge in [-0.05, 0) is 43.5 Å². The number of hydrogen-bond acceptors (Lipinski definition) is 5. The van der Waals surface area contributed by atoms with Gasteiger partial charge in [0.15, 0.2) is 11.5 Å². The topological polar surface area (TPSA) is 65.1 Å². The van der Waals surface area contributed by atoms with Crippen LogP contribution in [0, 0.1) is 0 Å². The molecule has 0 saturated carbocycles. The van der Waals surface area contributed by atoms with Gasteiger partial charge >= 0.3 is 0 Å². The molecule has 0 spiro atoms. The van der Waals surface area contributed by atoms with E-state index in [0.29, 0.717) is 30.3 Å². The number of anilines is 1. The molecule has 2 aromatic carbocycles. The van der Waals surface area contributed by atoms with Crippen molar-refractivity contribution in [3.05, 3.63) is 48.0 Å². The van der Waals surface area contributed by atoms with Gasteiger partial charge in [0.1, 0.15) is 5.75 Å². The van der Waals surface area contributed by atoms with E-state index in [4.69, 9.17) is 14.2 Å². The van der Waals surface area contributed by atoms with Crippen molar-refractivity contribution in [2.45, 2.75) is 25.8 Å². The van der Waals surface area contributed by atoms with Crippen LogP contribution in [0.1, 0.15) is 18.9 Å². The molecule has 138 valence electrons. The molecule has 2 aliphatic heterocycles. The van der Waals surface area contributed by atoms with E-state index < -0.39 is 10.0 Å². The van der Waals surface area contributed by atoms with Gasteiger partial charge in [-0.25, -0.2) is 8.42 Å². The predicted molar refractivity (Wildman–Crippen MR) is 98.6 cm³/mol. The average Bonchev–Trinajstić information content (AvgIpc) is 3.21. The maximum atomic E-state index is 12.8. The first kappa shape index (κ1) is 17.0. The molecule has 0 N–H and O–H groups in total. The average molecular weight is 375 g/mol. The van der Waals surface area contributed by atoms with E-state index in [9.17, 15) is 8.42 Å². The Morgan fingerprint density at radius 2 is 1.96 bits per heavy atom. The molecule has 0 aromatic heterocycles. The number of fused-ring (bicyclic) bond motifs is 2. The van der Waals surface area contributed by atoms with Gasteiger partial charge in [0, 0.05) is 12.1 Å². The molecule has 26 heavy (non-hydrogen) atoms. The second-order valence-corrected chi connectivity index (χ2v) is 8.48. The Morgan fingerprint density at radius 3 is 2.85 bits per heavy atom. The van der Waals surface area contributed by atoms with Gasteiger partial charge < -0.3 is 14.2 Å². The summed E-state index contributed by atoms with van der Waals surface area (Å²) in [6.07, 6.45) is 1.17. The van der Waals surface area contributed by atoms with Crippen molar-refractivity contribution in [2.24, 2.45) is 0 Å². The summed E-state index contributed by atoms with van der Waals surface area (Å²) >= 11 is 0. The van der Waals surface area contributed by atoms with Crippen LogP contribution in [0.2, 0.25) is 0 Å². The number of ether oxygens (including phenoxy) is 3. The van der Waals surface area contributed by atoms with Gasteiger partial charge in [-0.15, -0.1) is 0 Å². The lowest BCUT2D eigenvalue weighted by atomic mass is 10.1. The number of hydrogen-bond donors (Lipinski definition) is 0. The number of sulfonamides is 1. The first-order valence-electron chi connectivity index (χ1n) is 8.67. The summed E-state index contributed by atoms with van der Waals surface area (Å²) in [5, 5.41) is 0. The predicted octanol–water partition coefficient (Wildman–Crippen LogP) is 2.97. The zero-order valence-electron chi connectivity index (χ0n) is 14.6. The fourth-order valence-corrected chi connectivity index (χ4v) is 5.24. The first-order valence-corrected chi connectivity index (χ1v) is 10.3. The molecule has 2 aliphatic rings. The van der Waals surface area contributed by atoms with Crippen LogP contribution in [0.3, 0.4) is 0 Å². The summed E-state index contributed by atoms with van der Waals surface area (Å²) in [5.41, 5.74) is 1.89. The molecule has 2 heterocycles. The van der Waals surface area contributed by atoms with Gasteiger partial charge in [0.25, 0.3) is 0 Å². The summed E-state index contributed by atoms with van der Waals surface area (Å²) in [7, 11) is -3.38. The maximum Gasteiger partial charge on any atom is 0.235 e. The third-order valence-corrected chi connectivity index (χ3v) is 6.56. The maximum absolute atomic E-state index is 12.8. The lowest BCUT2D eigenvalue weighted by Gasteiger charge is -2.24. The van der Waals surface area contributed by atoms with Crippen LogP contribution in [0.5, 0.6) is 17.2 Å². The van der Waals surface area contributed by atoms with Crippen LogP contribution in [-0.2, 0) is 16.4 Å². The van der Waals surface area contributed by atoms with Crippen molar-refractivity contribution < 1.29 is 22.6 Å². The molecule has 0 amide bonds. The molecule has 0 fully saturated rings. The van der Waals surface area contributed by atoms with Crippen LogP contribution in [-0.4, -0.2) is 33.6 Å². The fraction of sp³-hybridized carbons (Fsp3) is 0.368. The van der Waals surface area contributed by atoms with Crippen molar-refractivity contribution in [1.29, 1.82) is 0 Å². The standard InChI is InChI=1S/C19H21NO5S/c1-14-11-15-5-2-3-6-17(15)20(14)26(21,22)10-4-9-23-16-7-8-18-19(12-16)25-13-24-18/h2-3,5-8,12,14H,4,9-11,13H2,1H3. The molecule has 0 saturated heterocycles. The van der Waals surface area contributed by atoms with E-state index in [-0.39, 0.29) is 18.6 Å². The normalized spacial score (nSPS) is 18.0. The van der Waals surface area contributed by atoms with Crippen molar-refractivity contribution in [1.82, 2.24) is 0 Å². The minimum Gasteiger partial charge on any atom is -0.493 e. The molecule has 1 atom stereocenters. The Morgan fingerprint density at radius 1 is 1.15 bits per heavy atom. The summed E-state index contributed by atoms with van der Waals surface area (Å²) < 4.78 is 43.4.